The molecule has 0 aromatic rings. The quantitative estimate of drug-likeness (QED) is 0.105. The summed E-state index contributed by atoms with van der Waals surface area (Å²) < 4.78 is 17.7. The standard InChI is InChI=1S/C40H66N2O9/c1-7-32(44)29(4)37-33(49-37)26-39(5,47)19-11-13-27(2)36-28(3)16-17-34(40(6,48)20-18-31(43)25-35(45)51-36)50-38(46)42-22-12-21-41(23-24-42)30-14-9-8-10-15-30/h11,13,16-17,19,28-34,36-37,43-44,47-48H,7-10,12,14-15,18,20-26H2,1-6H3/b17-16+,19-11+,27-13+. The van der Waals surface area contributed by atoms with Crippen LogP contribution < -0.4 is 0 Å². The molecule has 4 aliphatic rings. The number of amides is 1. The molecule has 4 N–H and O–H groups in total. The fourth-order valence-electron chi connectivity index (χ4n) is 7.92. The van der Waals surface area contributed by atoms with Gasteiger partial charge in [-0.3, -0.25) is 9.69 Å². The Morgan fingerprint density at radius 1 is 1.14 bits per heavy atom. The van der Waals surface area contributed by atoms with Crippen LogP contribution in [0.1, 0.15) is 112 Å². The molecule has 3 heterocycles. The molecule has 0 spiro atoms. The van der Waals surface area contributed by atoms with Crippen molar-refractivity contribution in [2.75, 3.05) is 26.2 Å². The van der Waals surface area contributed by atoms with E-state index in [-0.39, 0.29) is 43.3 Å². The van der Waals surface area contributed by atoms with Gasteiger partial charge in [-0.2, -0.15) is 0 Å². The van der Waals surface area contributed by atoms with E-state index < -0.39 is 47.7 Å². The molecule has 3 fully saturated rings. The highest BCUT2D eigenvalue weighted by Crippen LogP contribution is 2.37. The number of carbonyl (C=O) groups excluding carboxylic acids is 2. The minimum atomic E-state index is -1.48. The SMILES string of the molecule is CCC(O)C(C)C1OC1CC(C)(O)/C=C/C=C(\C)C1OC(=O)CC(O)CCC(C)(O)C(OC(=O)N2CCCN(C3CCCCC3)CC2)/C=C/C1C. The van der Waals surface area contributed by atoms with Crippen molar-refractivity contribution in [3.63, 3.8) is 0 Å². The number of hydrogen-bond donors (Lipinski definition) is 4. The van der Waals surface area contributed by atoms with Gasteiger partial charge in [-0.15, -0.1) is 0 Å². The lowest BCUT2D eigenvalue weighted by atomic mass is 9.88. The number of rotatable bonds is 10. The number of cyclic esters (lactones) is 1. The Bertz CT molecular complexity index is 1230. The van der Waals surface area contributed by atoms with E-state index in [9.17, 15) is 30.0 Å². The first-order valence-corrected chi connectivity index (χ1v) is 19.5. The fourth-order valence-corrected chi connectivity index (χ4v) is 7.92. The second kappa shape index (κ2) is 18.7. The predicted octanol–water partition coefficient (Wildman–Crippen LogP) is 5.05. The highest BCUT2D eigenvalue weighted by atomic mass is 16.6. The molecule has 290 valence electrons. The van der Waals surface area contributed by atoms with Crippen LogP contribution in [0.25, 0.3) is 0 Å². The number of esters is 1. The Morgan fingerprint density at radius 3 is 2.57 bits per heavy atom. The van der Waals surface area contributed by atoms with Gasteiger partial charge in [0.25, 0.3) is 0 Å². The average molecular weight is 719 g/mol. The minimum absolute atomic E-state index is 0.0104. The van der Waals surface area contributed by atoms with E-state index in [1.165, 1.54) is 32.1 Å². The summed E-state index contributed by atoms with van der Waals surface area (Å²) in [7, 11) is 0. The van der Waals surface area contributed by atoms with Crippen molar-refractivity contribution < 1.29 is 44.2 Å². The largest absolute Gasteiger partial charge is 0.457 e. The molecular weight excluding hydrogens is 652 g/mol. The van der Waals surface area contributed by atoms with Gasteiger partial charge in [0.2, 0.25) is 0 Å². The lowest BCUT2D eigenvalue weighted by Gasteiger charge is -2.34. The first-order valence-electron chi connectivity index (χ1n) is 19.5. The molecule has 2 saturated heterocycles. The molecule has 10 atom stereocenters. The highest BCUT2D eigenvalue weighted by molar-refractivity contribution is 5.70. The molecule has 51 heavy (non-hydrogen) atoms. The number of nitrogens with zero attached hydrogens (tertiary/aromatic N) is 2. The van der Waals surface area contributed by atoms with Gasteiger partial charge in [-0.05, 0) is 70.9 Å². The second-order valence-electron chi connectivity index (χ2n) is 16.2. The van der Waals surface area contributed by atoms with Crippen molar-refractivity contribution in [2.24, 2.45) is 11.8 Å². The van der Waals surface area contributed by atoms with E-state index in [1.54, 1.807) is 43.1 Å². The van der Waals surface area contributed by atoms with Crippen LogP contribution in [-0.4, -0.2) is 122 Å². The van der Waals surface area contributed by atoms with Crippen molar-refractivity contribution >= 4 is 12.1 Å². The summed E-state index contributed by atoms with van der Waals surface area (Å²) in [5, 5.41) is 43.5. The van der Waals surface area contributed by atoms with Crippen LogP contribution in [0.5, 0.6) is 0 Å². The van der Waals surface area contributed by atoms with E-state index in [4.69, 9.17) is 14.2 Å². The summed E-state index contributed by atoms with van der Waals surface area (Å²) in [4.78, 5) is 30.7. The van der Waals surface area contributed by atoms with E-state index in [0.29, 0.717) is 37.5 Å². The molecule has 1 aliphatic carbocycles. The Kier molecular flexibility index (Phi) is 15.2. The molecule has 3 aliphatic heterocycles. The first-order chi connectivity index (χ1) is 24.1. The third-order valence-corrected chi connectivity index (χ3v) is 11.5. The first kappa shape index (κ1) is 41.5. The van der Waals surface area contributed by atoms with Crippen LogP contribution in [0, 0.1) is 11.8 Å². The molecule has 0 aromatic carbocycles. The molecule has 1 amide bonds. The van der Waals surface area contributed by atoms with E-state index in [2.05, 4.69) is 4.90 Å². The van der Waals surface area contributed by atoms with Gasteiger partial charge >= 0.3 is 12.1 Å². The zero-order valence-electron chi connectivity index (χ0n) is 31.9. The zero-order valence-corrected chi connectivity index (χ0v) is 31.9. The number of ether oxygens (including phenoxy) is 3. The van der Waals surface area contributed by atoms with Crippen LogP contribution in [0.4, 0.5) is 4.79 Å². The maximum atomic E-state index is 13.6. The molecular formula is C40H66N2O9. The van der Waals surface area contributed by atoms with Gasteiger partial charge in [0, 0.05) is 50.5 Å². The van der Waals surface area contributed by atoms with Gasteiger partial charge < -0.3 is 39.5 Å². The molecule has 0 aromatic heterocycles. The molecule has 0 radical (unpaired) electrons. The number of allylic oxidation sites excluding steroid dienone is 2. The molecule has 11 nitrogen and oxygen atoms in total. The van der Waals surface area contributed by atoms with Crippen molar-refractivity contribution in [2.45, 2.75) is 166 Å². The highest BCUT2D eigenvalue weighted by Gasteiger charge is 2.47. The number of epoxide rings is 1. The lowest BCUT2D eigenvalue weighted by Crippen LogP contribution is -2.46. The van der Waals surface area contributed by atoms with Crippen LogP contribution in [-0.2, 0) is 19.0 Å². The monoisotopic (exact) mass is 718 g/mol. The van der Waals surface area contributed by atoms with Gasteiger partial charge in [0.1, 0.15) is 11.7 Å². The third kappa shape index (κ3) is 12.4. The number of aliphatic hydroxyl groups is 4. The van der Waals surface area contributed by atoms with Crippen LogP contribution in [0.15, 0.2) is 36.0 Å². The number of hydrogen-bond acceptors (Lipinski definition) is 10. The van der Waals surface area contributed by atoms with Gasteiger partial charge in [0.05, 0.1) is 36.4 Å². The number of aliphatic hydroxyl groups excluding tert-OH is 2. The second-order valence-corrected chi connectivity index (χ2v) is 16.2. The molecule has 11 heteroatoms. The van der Waals surface area contributed by atoms with Crippen LogP contribution in [0.2, 0.25) is 0 Å². The molecule has 0 bridgehead atoms. The van der Waals surface area contributed by atoms with Crippen molar-refractivity contribution in [1.29, 1.82) is 0 Å². The average Bonchev–Trinajstić information content (AvgIpc) is 3.89. The van der Waals surface area contributed by atoms with Crippen molar-refractivity contribution in [3.8, 4) is 0 Å². The summed E-state index contributed by atoms with van der Waals surface area (Å²) in [6.45, 7) is 13.8. The fraction of sp³-hybridized carbons (Fsp3) is 0.800. The predicted molar refractivity (Wildman–Crippen MR) is 196 cm³/mol. The Balaban J connectivity index is 1.44. The van der Waals surface area contributed by atoms with Gasteiger partial charge in [-0.25, -0.2) is 4.79 Å². The van der Waals surface area contributed by atoms with E-state index in [0.717, 1.165) is 19.5 Å². The van der Waals surface area contributed by atoms with Gasteiger partial charge in [0.15, 0.2) is 6.10 Å². The third-order valence-electron chi connectivity index (χ3n) is 11.5. The Labute approximate surface area is 305 Å². The van der Waals surface area contributed by atoms with Crippen molar-refractivity contribution in [3.05, 3.63) is 36.0 Å². The normalized spacial score (nSPS) is 35.5. The summed E-state index contributed by atoms with van der Waals surface area (Å²) in [5.41, 5.74) is -1.93. The Hall–Kier alpha value is -2.28. The maximum absolute atomic E-state index is 13.6. The lowest BCUT2D eigenvalue weighted by molar-refractivity contribution is -0.151. The molecule has 10 unspecified atom stereocenters. The van der Waals surface area contributed by atoms with Crippen LogP contribution >= 0.6 is 0 Å². The summed E-state index contributed by atoms with van der Waals surface area (Å²) in [6, 6.07) is 0.584. The Morgan fingerprint density at radius 2 is 1.86 bits per heavy atom. The molecule has 4 rings (SSSR count). The van der Waals surface area contributed by atoms with Gasteiger partial charge in [-0.1, -0.05) is 64.3 Å². The summed E-state index contributed by atoms with van der Waals surface area (Å²) in [5.74, 6) is -0.936. The van der Waals surface area contributed by atoms with Crippen molar-refractivity contribution in [1.82, 2.24) is 9.80 Å². The maximum Gasteiger partial charge on any atom is 0.410 e. The zero-order chi connectivity index (χ0) is 37.3. The number of carbonyl (C=O) groups is 2. The summed E-state index contributed by atoms with van der Waals surface area (Å²) >= 11 is 0. The molecule has 1 saturated carbocycles. The van der Waals surface area contributed by atoms with E-state index in [1.807, 2.05) is 33.8 Å². The summed E-state index contributed by atoms with van der Waals surface area (Å²) in [6.07, 6.45) is 13.0. The topological polar surface area (TPSA) is 153 Å². The minimum Gasteiger partial charge on any atom is -0.457 e. The van der Waals surface area contributed by atoms with E-state index >= 15 is 0 Å². The van der Waals surface area contributed by atoms with Crippen LogP contribution in [0.3, 0.4) is 0 Å². The smallest absolute Gasteiger partial charge is 0.410 e.